The normalized spacial score (nSPS) is 13.7. The summed E-state index contributed by atoms with van der Waals surface area (Å²) in [6, 6.07) is -1.52. The maximum Gasteiger partial charge on any atom is 0.472 e. The number of carbonyl (C=O) groups is 3. The van der Waals surface area contributed by atoms with E-state index < -0.39 is 51.1 Å². The largest absolute Gasteiger partial charge is 0.480 e. The highest BCUT2D eigenvalue weighted by molar-refractivity contribution is 7.47. The molecule has 0 radical (unpaired) electrons. The molecule has 382 valence electrons. The highest BCUT2D eigenvalue weighted by atomic mass is 31.2. The van der Waals surface area contributed by atoms with E-state index in [4.69, 9.17) is 29.4 Å². The first-order chi connectivity index (χ1) is 31.6. The van der Waals surface area contributed by atoms with Crippen LogP contribution in [0.25, 0.3) is 0 Å². The highest BCUT2D eigenvalue weighted by Crippen LogP contribution is 2.43. The Morgan fingerprint density at radius 3 is 1.23 bits per heavy atom. The molecule has 0 amide bonds. The lowest BCUT2D eigenvalue weighted by atomic mass is 10.0. The monoisotopic (exact) mass is 942 g/mol. The number of esters is 2. The summed E-state index contributed by atoms with van der Waals surface area (Å²) in [5, 5.41) is 8.93. The summed E-state index contributed by atoms with van der Waals surface area (Å²) in [4.78, 5) is 46.2. The molecule has 3 atom stereocenters. The van der Waals surface area contributed by atoms with Crippen molar-refractivity contribution < 1.29 is 47.5 Å². The van der Waals surface area contributed by atoms with Crippen molar-refractivity contribution in [2.24, 2.45) is 5.73 Å². The van der Waals surface area contributed by atoms with Gasteiger partial charge in [0.25, 0.3) is 0 Å². The standard InChI is InChI=1S/C53H100NO10P/c1-3-5-7-9-11-13-15-17-19-21-23-24-25-27-29-31-33-35-37-39-41-43-45-52(56)64-49(47-62-65(59,60)63-48-50(54)53(57)58)46-61-51(55)44-42-40-38-36-34-32-30-28-26-22-20-18-16-14-12-10-8-6-4-2/h12,14,18,20,49-50H,3-11,13,15-17,19,21-48,54H2,1-2H3,(H,57,58)(H,59,60)/b14-12+,20-18+/t49-,50+/m1/s1. The summed E-state index contributed by atoms with van der Waals surface area (Å²) in [7, 11) is -4.72. The van der Waals surface area contributed by atoms with Crippen LogP contribution >= 0.6 is 7.82 Å². The van der Waals surface area contributed by atoms with Crippen molar-refractivity contribution in [1.82, 2.24) is 0 Å². The molecule has 0 rings (SSSR count). The van der Waals surface area contributed by atoms with E-state index in [1.807, 2.05) is 0 Å². The predicted molar refractivity (Wildman–Crippen MR) is 268 cm³/mol. The lowest BCUT2D eigenvalue weighted by Crippen LogP contribution is -2.34. The van der Waals surface area contributed by atoms with Crippen molar-refractivity contribution in [3.05, 3.63) is 24.3 Å². The van der Waals surface area contributed by atoms with Gasteiger partial charge in [0.05, 0.1) is 13.2 Å². The number of hydrogen-bond donors (Lipinski definition) is 3. The van der Waals surface area contributed by atoms with Crippen molar-refractivity contribution in [1.29, 1.82) is 0 Å². The fourth-order valence-electron chi connectivity index (χ4n) is 7.75. The quantitative estimate of drug-likeness (QED) is 0.0229. The molecule has 0 spiro atoms. The molecule has 11 nitrogen and oxygen atoms in total. The van der Waals surface area contributed by atoms with Crippen molar-refractivity contribution >= 4 is 25.7 Å². The summed E-state index contributed by atoms with van der Waals surface area (Å²) in [6.45, 7) is 2.83. The van der Waals surface area contributed by atoms with Crippen LogP contribution in [-0.2, 0) is 37.5 Å². The Morgan fingerprint density at radius 2 is 0.815 bits per heavy atom. The Hall–Kier alpha value is -2.04. The Labute approximate surface area is 398 Å². The number of nitrogens with two attached hydrogens (primary N) is 1. The minimum Gasteiger partial charge on any atom is -0.480 e. The lowest BCUT2D eigenvalue weighted by Gasteiger charge is -2.20. The molecule has 0 aliphatic heterocycles. The van der Waals surface area contributed by atoms with Crippen molar-refractivity contribution in [3.63, 3.8) is 0 Å². The lowest BCUT2D eigenvalue weighted by molar-refractivity contribution is -0.161. The molecule has 0 aliphatic rings. The number of aliphatic carboxylic acids is 1. The van der Waals surface area contributed by atoms with E-state index in [2.05, 4.69) is 38.2 Å². The number of carbonyl (C=O) groups excluding carboxylic acids is 2. The summed E-state index contributed by atoms with van der Waals surface area (Å²) < 4.78 is 32.9. The maximum absolute atomic E-state index is 12.7. The SMILES string of the molecule is CCCCC/C=C/C/C=C/CCCCCCCCCCCC(=O)OC[C@H](COP(=O)(O)OC[C@H](N)C(=O)O)OC(=O)CCCCCCCCCCCCCCCCCCCCCCCC. The van der Waals surface area contributed by atoms with Gasteiger partial charge in [0.15, 0.2) is 6.10 Å². The minimum absolute atomic E-state index is 0.166. The van der Waals surface area contributed by atoms with E-state index in [0.717, 1.165) is 51.4 Å². The van der Waals surface area contributed by atoms with Crippen LogP contribution in [0.5, 0.6) is 0 Å². The molecule has 0 aliphatic carbocycles. The molecule has 12 heteroatoms. The van der Waals surface area contributed by atoms with Gasteiger partial charge in [0.2, 0.25) is 0 Å². The molecule has 1 unspecified atom stereocenters. The van der Waals surface area contributed by atoms with Crippen LogP contribution in [0.2, 0.25) is 0 Å². The van der Waals surface area contributed by atoms with E-state index in [9.17, 15) is 23.8 Å². The van der Waals surface area contributed by atoms with Gasteiger partial charge in [-0.15, -0.1) is 0 Å². The molecule has 0 aromatic carbocycles. The summed E-state index contributed by atoms with van der Waals surface area (Å²) in [6.07, 6.45) is 53.8. The zero-order valence-corrected chi connectivity index (χ0v) is 42.7. The zero-order chi connectivity index (χ0) is 47.7. The van der Waals surface area contributed by atoms with Gasteiger partial charge in [-0.25, -0.2) is 4.57 Å². The highest BCUT2D eigenvalue weighted by Gasteiger charge is 2.28. The molecule has 0 saturated heterocycles. The molecule has 65 heavy (non-hydrogen) atoms. The Bertz CT molecular complexity index is 1200. The summed E-state index contributed by atoms with van der Waals surface area (Å²) in [5.74, 6) is -2.36. The number of phosphoric ester groups is 1. The average molecular weight is 942 g/mol. The molecule has 4 N–H and O–H groups in total. The number of carboxylic acid groups (broad SMARTS) is 1. The number of allylic oxidation sites excluding steroid dienone is 4. The van der Waals surface area contributed by atoms with Crippen molar-refractivity contribution in [3.8, 4) is 0 Å². The number of carboxylic acids is 1. The van der Waals surface area contributed by atoms with Crippen LogP contribution in [0.1, 0.15) is 264 Å². The van der Waals surface area contributed by atoms with Crippen LogP contribution in [0.4, 0.5) is 0 Å². The summed E-state index contributed by atoms with van der Waals surface area (Å²) in [5.41, 5.74) is 5.36. The number of rotatable bonds is 51. The van der Waals surface area contributed by atoms with Gasteiger partial charge < -0.3 is 25.2 Å². The molecule has 0 fully saturated rings. The van der Waals surface area contributed by atoms with Crippen LogP contribution in [0.3, 0.4) is 0 Å². The fraction of sp³-hybridized carbons (Fsp3) is 0.868. The van der Waals surface area contributed by atoms with Crippen molar-refractivity contribution in [2.75, 3.05) is 19.8 Å². The Balaban J connectivity index is 4.18. The second-order valence-electron chi connectivity index (χ2n) is 18.4. The predicted octanol–water partition coefficient (Wildman–Crippen LogP) is 15.4. The van der Waals surface area contributed by atoms with Crippen LogP contribution < -0.4 is 5.73 Å². The van der Waals surface area contributed by atoms with Gasteiger partial charge in [-0.2, -0.15) is 0 Å². The Kier molecular flexibility index (Phi) is 46.9. The zero-order valence-electron chi connectivity index (χ0n) is 41.8. The maximum atomic E-state index is 12.7. The smallest absolute Gasteiger partial charge is 0.472 e. The number of unbranched alkanes of at least 4 members (excludes halogenated alkanes) is 33. The number of phosphoric acid groups is 1. The average Bonchev–Trinajstić information content (AvgIpc) is 3.28. The molecular weight excluding hydrogens is 842 g/mol. The first kappa shape index (κ1) is 63.0. The minimum atomic E-state index is -4.72. The van der Waals surface area contributed by atoms with Gasteiger partial charge in [0, 0.05) is 12.8 Å². The second-order valence-corrected chi connectivity index (χ2v) is 19.8. The summed E-state index contributed by atoms with van der Waals surface area (Å²) >= 11 is 0. The molecule has 0 saturated carbocycles. The van der Waals surface area contributed by atoms with Crippen LogP contribution in [0.15, 0.2) is 24.3 Å². The van der Waals surface area contributed by atoms with E-state index in [-0.39, 0.29) is 19.4 Å². The van der Waals surface area contributed by atoms with Gasteiger partial charge in [-0.1, -0.05) is 231 Å². The Morgan fingerprint density at radius 1 is 0.477 bits per heavy atom. The third-order valence-electron chi connectivity index (χ3n) is 12.0. The molecule has 0 heterocycles. The van der Waals surface area contributed by atoms with Gasteiger partial charge in [0.1, 0.15) is 12.6 Å². The fourth-order valence-corrected chi connectivity index (χ4v) is 8.52. The first-order valence-corrected chi connectivity index (χ1v) is 28.4. The van der Waals surface area contributed by atoms with E-state index >= 15 is 0 Å². The van der Waals surface area contributed by atoms with Gasteiger partial charge in [-0.3, -0.25) is 23.4 Å². The topological polar surface area (TPSA) is 172 Å². The number of hydrogen-bond acceptors (Lipinski definition) is 9. The van der Waals surface area contributed by atoms with Gasteiger partial charge in [-0.05, 0) is 44.9 Å². The van der Waals surface area contributed by atoms with E-state index in [1.165, 1.54) is 173 Å². The van der Waals surface area contributed by atoms with Crippen molar-refractivity contribution in [2.45, 2.75) is 276 Å². The number of ether oxygens (including phenoxy) is 2. The van der Waals surface area contributed by atoms with Crippen LogP contribution in [-0.4, -0.2) is 59.9 Å². The molecule has 0 aromatic heterocycles. The van der Waals surface area contributed by atoms with Gasteiger partial charge >= 0.3 is 25.7 Å². The van der Waals surface area contributed by atoms with E-state index in [0.29, 0.717) is 12.8 Å². The van der Waals surface area contributed by atoms with E-state index in [1.54, 1.807) is 0 Å². The second kappa shape index (κ2) is 48.4. The molecule has 0 aromatic rings. The van der Waals surface area contributed by atoms with Crippen LogP contribution in [0, 0.1) is 0 Å². The third kappa shape index (κ3) is 48.2. The third-order valence-corrected chi connectivity index (χ3v) is 12.9. The molecule has 0 bridgehead atoms. The first-order valence-electron chi connectivity index (χ1n) is 26.9. The molecular formula is C53H100NO10P.